The summed E-state index contributed by atoms with van der Waals surface area (Å²) < 4.78 is 58.9. The maximum Gasteiger partial charge on any atom is 0.352 e. The SMILES string of the molecule is CC(C)(C)OC(=O)COc1c(C(=O)OC(C)(C)C)sc(-c2cccc(NC3CCN(S(=O)(=O)Cc4ccc(F)c([N+](=O)[O-])c4)C(C)(C)C3)c2)c1Cl. The Labute approximate surface area is 306 Å². The van der Waals surface area contributed by atoms with Gasteiger partial charge >= 0.3 is 17.6 Å². The van der Waals surface area contributed by atoms with Crippen molar-refractivity contribution in [1.82, 2.24) is 4.31 Å². The van der Waals surface area contributed by atoms with Crippen molar-refractivity contribution in [3.63, 3.8) is 0 Å². The van der Waals surface area contributed by atoms with Gasteiger partial charge in [-0.1, -0.05) is 29.8 Å². The number of carbonyl (C=O) groups is 2. The largest absolute Gasteiger partial charge is 0.479 e. The van der Waals surface area contributed by atoms with Gasteiger partial charge in [0, 0.05) is 29.9 Å². The molecular weight excluding hydrogens is 725 g/mol. The normalized spacial score (nSPS) is 16.7. The average molecular weight is 768 g/mol. The van der Waals surface area contributed by atoms with Crippen LogP contribution in [-0.2, 0) is 30.0 Å². The molecular formula is C35H43ClFN3O9S2. The lowest BCUT2D eigenvalue weighted by molar-refractivity contribution is -0.387. The Kier molecular flexibility index (Phi) is 11.8. The number of hydrogen-bond acceptors (Lipinski definition) is 11. The Bertz CT molecular complexity index is 1920. The van der Waals surface area contributed by atoms with Crippen LogP contribution in [0.2, 0.25) is 5.02 Å². The minimum Gasteiger partial charge on any atom is -0.479 e. The number of nitro groups is 1. The van der Waals surface area contributed by atoms with Crippen LogP contribution in [0.15, 0.2) is 42.5 Å². The molecule has 2 heterocycles. The molecule has 51 heavy (non-hydrogen) atoms. The van der Waals surface area contributed by atoms with Gasteiger partial charge in [-0.15, -0.1) is 11.3 Å². The van der Waals surface area contributed by atoms with Crippen LogP contribution >= 0.6 is 22.9 Å². The molecule has 0 amide bonds. The molecule has 0 saturated carbocycles. The number of thiophene rings is 1. The van der Waals surface area contributed by atoms with E-state index in [4.69, 9.17) is 25.8 Å². The minimum absolute atomic E-state index is 0.0145. The highest BCUT2D eigenvalue weighted by molar-refractivity contribution is 7.88. The quantitative estimate of drug-likeness (QED) is 0.115. The van der Waals surface area contributed by atoms with Gasteiger partial charge in [0.2, 0.25) is 15.8 Å². The van der Waals surface area contributed by atoms with E-state index in [0.29, 0.717) is 23.3 Å². The smallest absolute Gasteiger partial charge is 0.352 e. The van der Waals surface area contributed by atoms with E-state index in [1.54, 1.807) is 41.5 Å². The van der Waals surface area contributed by atoms with Crippen LogP contribution in [0.3, 0.4) is 0 Å². The zero-order valence-corrected chi connectivity index (χ0v) is 32.2. The predicted octanol–water partition coefficient (Wildman–Crippen LogP) is 7.98. The second-order valence-corrected chi connectivity index (χ2v) is 18.2. The molecule has 4 rings (SSSR count). The number of halogens is 2. The summed E-state index contributed by atoms with van der Waals surface area (Å²) in [7, 11) is -3.91. The van der Waals surface area contributed by atoms with E-state index in [-0.39, 0.29) is 33.8 Å². The number of nitrogens with one attached hydrogen (secondary N) is 1. The van der Waals surface area contributed by atoms with E-state index in [9.17, 15) is 32.5 Å². The van der Waals surface area contributed by atoms with E-state index in [0.717, 1.165) is 29.2 Å². The molecule has 0 spiro atoms. The van der Waals surface area contributed by atoms with Crippen molar-refractivity contribution in [2.75, 3.05) is 18.5 Å². The summed E-state index contributed by atoms with van der Waals surface area (Å²) in [6.07, 6.45) is 0.896. The lowest BCUT2D eigenvalue weighted by atomic mass is 9.89. The van der Waals surface area contributed by atoms with Gasteiger partial charge < -0.3 is 19.5 Å². The van der Waals surface area contributed by atoms with Crippen LogP contribution in [0.5, 0.6) is 5.75 Å². The number of rotatable bonds is 11. The van der Waals surface area contributed by atoms with E-state index < -0.39 is 67.5 Å². The van der Waals surface area contributed by atoms with Crippen LogP contribution in [0, 0.1) is 15.9 Å². The molecule has 12 nitrogen and oxygen atoms in total. The van der Waals surface area contributed by atoms with Gasteiger partial charge in [-0.3, -0.25) is 10.1 Å². The first-order valence-corrected chi connectivity index (χ1v) is 19.0. The van der Waals surface area contributed by atoms with Gasteiger partial charge in [-0.05, 0) is 97.6 Å². The highest BCUT2D eigenvalue weighted by Gasteiger charge is 2.42. The molecule has 1 atom stereocenters. The first kappa shape index (κ1) is 40.0. The van der Waals surface area contributed by atoms with Crippen molar-refractivity contribution < 1.29 is 41.5 Å². The van der Waals surface area contributed by atoms with Crippen LogP contribution in [0.1, 0.15) is 83.5 Å². The van der Waals surface area contributed by atoms with Gasteiger partial charge in [0.1, 0.15) is 16.2 Å². The number of piperidine rings is 1. The highest BCUT2D eigenvalue weighted by atomic mass is 35.5. The number of anilines is 1. The van der Waals surface area contributed by atoms with Crippen molar-refractivity contribution in [3.05, 3.63) is 73.9 Å². The van der Waals surface area contributed by atoms with Crippen molar-refractivity contribution in [2.24, 2.45) is 0 Å². The minimum atomic E-state index is -3.91. The summed E-state index contributed by atoms with van der Waals surface area (Å²) in [6, 6.07) is 10.3. The van der Waals surface area contributed by atoms with Gasteiger partial charge in [0.15, 0.2) is 17.2 Å². The van der Waals surface area contributed by atoms with E-state index in [1.807, 2.05) is 38.1 Å². The van der Waals surface area contributed by atoms with Crippen LogP contribution < -0.4 is 10.1 Å². The molecule has 0 aliphatic carbocycles. The molecule has 1 fully saturated rings. The molecule has 3 aromatic rings. The molecule has 0 radical (unpaired) electrons. The molecule has 2 aromatic carbocycles. The topological polar surface area (TPSA) is 154 Å². The maximum absolute atomic E-state index is 13.8. The second kappa shape index (κ2) is 15.1. The Balaban J connectivity index is 1.53. The highest BCUT2D eigenvalue weighted by Crippen LogP contribution is 2.47. The summed E-state index contributed by atoms with van der Waals surface area (Å²) in [6.45, 7) is 13.7. The van der Waals surface area contributed by atoms with Crippen LogP contribution in [0.4, 0.5) is 15.8 Å². The number of nitro benzene ring substituents is 1. The van der Waals surface area contributed by atoms with Crippen molar-refractivity contribution in [2.45, 2.75) is 96.8 Å². The standard InChI is InChI=1S/C35H43ClFN3O9S2/c1-33(2,3)48-27(41)19-47-29-28(36)30(50-31(29)32(42)49-34(4,5)6)22-10-9-11-23(17-22)38-24-14-15-39(35(7,8)18-24)51(45,46)20-21-12-13-25(37)26(16-21)40(43)44/h9-13,16-17,24,38H,14-15,18-20H2,1-8H3. The molecule has 16 heteroatoms. The molecule has 1 N–H and O–H groups in total. The Morgan fingerprint density at radius 1 is 1.10 bits per heavy atom. The zero-order chi connectivity index (χ0) is 38.1. The monoisotopic (exact) mass is 767 g/mol. The number of sulfonamides is 1. The number of nitrogens with zero attached hydrogens (tertiary/aromatic N) is 2. The third kappa shape index (κ3) is 10.4. The van der Waals surface area contributed by atoms with Gasteiger partial charge in [-0.25, -0.2) is 18.0 Å². The average Bonchev–Trinajstić information content (AvgIpc) is 3.30. The maximum atomic E-state index is 13.8. The number of carbonyl (C=O) groups excluding carboxylic acids is 2. The molecule has 1 saturated heterocycles. The fourth-order valence-electron chi connectivity index (χ4n) is 5.76. The van der Waals surface area contributed by atoms with E-state index in [1.165, 1.54) is 10.4 Å². The van der Waals surface area contributed by atoms with Gasteiger partial charge in [0.25, 0.3) is 0 Å². The number of ether oxygens (including phenoxy) is 3. The van der Waals surface area contributed by atoms with Crippen LogP contribution in [0.25, 0.3) is 10.4 Å². The summed E-state index contributed by atoms with van der Waals surface area (Å²) >= 11 is 7.89. The third-order valence-corrected chi connectivity index (χ3v) is 11.4. The molecule has 278 valence electrons. The lowest BCUT2D eigenvalue weighted by Gasteiger charge is -2.45. The number of hydrogen-bond donors (Lipinski definition) is 1. The van der Waals surface area contributed by atoms with Crippen molar-refractivity contribution in [3.8, 4) is 16.2 Å². The first-order valence-electron chi connectivity index (χ1n) is 16.2. The molecule has 1 aromatic heterocycles. The third-order valence-electron chi connectivity index (χ3n) is 7.64. The van der Waals surface area contributed by atoms with E-state index >= 15 is 0 Å². The molecule has 0 bridgehead atoms. The summed E-state index contributed by atoms with van der Waals surface area (Å²) in [5, 5.41) is 14.8. The Morgan fingerprint density at radius 2 is 1.76 bits per heavy atom. The fourth-order valence-corrected chi connectivity index (χ4v) is 9.16. The second-order valence-electron chi connectivity index (χ2n) is 14.9. The molecule has 1 aliphatic heterocycles. The molecule has 1 aliphatic rings. The summed E-state index contributed by atoms with van der Waals surface area (Å²) in [5.74, 6) is -2.81. The zero-order valence-electron chi connectivity index (χ0n) is 29.8. The van der Waals surface area contributed by atoms with Crippen molar-refractivity contribution >= 4 is 56.3 Å². The Hall–Kier alpha value is -3.79. The first-order chi connectivity index (χ1) is 23.5. The summed E-state index contributed by atoms with van der Waals surface area (Å²) in [5.41, 5.74) is -1.62. The summed E-state index contributed by atoms with van der Waals surface area (Å²) in [4.78, 5) is 36.6. The van der Waals surface area contributed by atoms with E-state index in [2.05, 4.69) is 5.32 Å². The fraction of sp³-hybridized carbons (Fsp3) is 0.486. The number of esters is 2. The Morgan fingerprint density at radius 3 is 2.37 bits per heavy atom. The van der Waals surface area contributed by atoms with Crippen LogP contribution in [-0.4, -0.2) is 65.5 Å². The lowest BCUT2D eigenvalue weighted by Crippen LogP contribution is -2.55. The van der Waals surface area contributed by atoms with Gasteiger partial charge in [-0.2, -0.15) is 8.70 Å². The predicted molar refractivity (Wildman–Crippen MR) is 194 cm³/mol. The van der Waals surface area contributed by atoms with Gasteiger partial charge in [0.05, 0.1) is 15.6 Å². The number of benzene rings is 2. The van der Waals surface area contributed by atoms with Crippen molar-refractivity contribution in [1.29, 1.82) is 0 Å². The molecule has 1 unspecified atom stereocenters.